The number of carbonyl (C=O) groups is 1. The van der Waals surface area contributed by atoms with Gasteiger partial charge in [-0.3, -0.25) is 0 Å². The zero-order valence-corrected chi connectivity index (χ0v) is 8.28. The Hall–Kier alpha value is -1.56. The SMILES string of the molecule is CC(O)C(=O)Oc1ccccc1C(F)(F)F. The molecule has 1 N–H and O–H groups in total. The summed E-state index contributed by atoms with van der Waals surface area (Å²) < 4.78 is 41.8. The highest BCUT2D eigenvalue weighted by Gasteiger charge is 2.34. The molecule has 16 heavy (non-hydrogen) atoms. The average Bonchev–Trinajstić information content (AvgIpc) is 2.16. The third kappa shape index (κ3) is 2.96. The minimum Gasteiger partial charge on any atom is -0.424 e. The Labute approximate surface area is 89.5 Å². The fraction of sp³-hybridized carbons (Fsp3) is 0.300. The van der Waals surface area contributed by atoms with Gasteiger partial charge in [0.2, 0.25) is 0 Å². The first kappa shape index (κ1) is 12.5. The Balaban J connectivity index is 3.01. The van der Waals surface area contributed by atoms with Gasteiger partial charge in [-0.25, -0.2) is 4.79 Å². The molecule has 1 unspecified atom stereocenters. The fourth-order valence-corrected chi connectivity index (χ4v) is 0.983. The van der Waals surface area contributed by atoms with Crippen LogP contribution in [0.25, 0.3) is 0 Å². The number of benzene rings is 1. The van der Waals surface area contributed by atoms with Gasteiger partial charge in [0.25, 0.3) is 0 Å². The number of halogens is 3. The van der Waals surface area contributed by atoms with Crippen LogP contribution < -0.4 is 4.74 Å². The van der Waals surface area contributed by atoms with Crippen molar-refractivity contribution in [1.29, 1.82) is 0 Å². The van der Waals surface area contributed by atoms with Crippen molar-refractivity contribution >= 4 is 5.97 Å². The topological polar surface area (TPSA) is 46.5 Å². The van der Waals surface area contributed by atoms with Gasteiger partial charge in [0, 0.05) is 0 Å². The van der Waals surface area contributed by atoms with Crippen molar-refractivity contribution in [3.05, 3.63) is 29.8 Å². The second-order valence-corrected chi connectivity index (χ2v) is 3.09. The normalized spacial score (nSPS) is 13.3. The molecule has 0 aliphatic heterocycles. The predicted octanol–water partition coefficient (Wildman–Crippen LogP) is 1.99. The molecular formula is C10H9F3O3. The van der Waals surface area contributed by atoms with Gasteiger partial charge in [-0.15, -0.1) is 0 Å². The van der Waals surface area contributed by atoms with E-state index in [1.807, 2.05) is 0 Å². The number of hydrogen-bond donors (Lipinski definition) is 1. The van der Waals surface area contributed by atoms with E-state index >= 15 is 0 Å². The van der Waals surface area contributed by atoms with Crippen molar-refractivity contribution < 1.29 is 27.8 Å². The summed E-state index contributed by atoms with van der Waals surface area (Å²) in [6, 6.07) is 4.30. The second-order valence-electron chi connectivity index (χ2n) is 3.09. The molecule has 1 rings (SSSR count). The molecule has 0 saturated carbocycles. The standard InChI is InChI=1S/C10H9F3O3/c1-6(14)9(15)16-8-5-3-2-4-7(8)10(11,12)13/h2-6,14H,1H3. The van der Waals surface area contributed by atoms with Crippen LogP contribution in [0.5, 0.6) is 5.75 Å². The van der Waals surface area contributed by atoms with Gasteiger partial charge in [-0.05, 0) is 19.1 Å². The van der Waals surface area contributed by atoms with Crippen molar-refractivity contribution in [3.63, 3.8) is 0 Å². The number of esters is 1. The van der Waals surface area contributed by atoms with Gasteiger partial charge in [0.15, 0.2) is 0 Å². The van der Waals surface area contributed by atoms with Crippen LogP contribution in [0.15, 0.2) is 24.3 Å². The van der Waals surface area contributed by atoms with Crippen molar-refractivity contribution in [2.45, 2.75) is 19.2 Å². The molecule has 6 heteroatoms. The Morgan fingerprint density at radius 1 is 1.38 bits per heavy atom. The minimum absolute atomic E-state index is 0.610. The summed E-state index contributed by atoms with van der Waals surface area (Å²) in [5.74, 6) is -1.74. The molecule has 0 spiro atoms. The Morgan fingerprint density at radius 3 is 2.44 bits per heavy atom. The van der Waals surface area contributed by atoms with E-state index in [1.54, 1.807) is 0 Å². The van der Waals surface area contributed by atoms with Crippen molar-refractivity contribution in [1.82, 2.24) is 0 Å². The summed E-state index contributed by atoms with van der Waals surface area (Å²) in [5.41, 5.74) is -1.05. The Morgan fingerprint density at radius 2 is 1.94 bits per heavy atom. The monoisotopic (exact) mass is 234 g/mol. The van der Waals surface area contributed by atoms with Crippen LogP contribution in [0.4, 0.5) is 13.2 Å². The number of alkyl halides is 3. The van der Waals surface area contributed by atoms with E-state index in [0.29, 0.717) is 0 Å². The average molecular weight is 234 g/mol. The van der Waals surface area contributed by atoms with Crippen LogP contribution in [-0.2, 0) is 11.0 Å². The van der Waals surface area contributed by atoms with E-state index in [4.69, 9.17) is 5.11 Å². The molecule has 0 aromatic heterocycles. The van der Waals surface area contributed by atoms with E-state index < -0.39 is 29.6 Å². The molecule has 1 aromatic carbocycles. The summed E-state index contributed by atoms with van der Waals surface area (Å²) in [6.07, 6.45) is -6.07. The van der Waals surface area contributed by atoms with Crippen molar-refractivity contribution in [2.24, 2.45) is 0 Å². The van der Waals surface area contributed by atoms with Crippen LogP contribution in [-0.4, -0.2) is 17.2 Å². The van der Waals surface area contributed by atoms with Gasteiger partial charge in [-0.1, -0.05) is 12.1 Å². The molecule has 1 atom stereocenters. The van der Waals surface area contributed by atoms with Crippen LogP contribution in [0.3, 0.4) is 0 Å². The molecule has 0 heterocycles. The van der Waals surface area contributed by atoms with Gasteiger partial charge in [0.1, 0.15) is 11.9 Å². The summed E-state index contributed by atoms with van der Waals surface area (Å²) in [5, 5.41) is 8.82. The van der Waals surface area contributed by atoms with Crippen LogP contribution in [0, 0.1) is 0 Å². The summed E-state index contributed by atoms with van der Waals surface area (Å²) in [4.78, 5) is 11.0. The van der Waals surface area contributed by atoms with E-state index in [2.05, 4.69) is 4.74 Å². The van der Waals surface area contributed by atoms with Gasteiger partial charge >= 0.3 is 12.1 Å². The second kappa shape index (κ2) is 4.52. The van der Waals surface area contributed by atoms with Crippen LogP contribution >= 0.6 is 0 Å². The lowest BCUT2D eigenvalue weighted by molar-refractivity contribution is -0.146. The highest BCUT2D eigenvalue weighted by atomic mass is 19.4. The molecule has 0 radical (unpaired) electrons. The lowest BCUT2D eigenvalue weighted by Crippen LogP contribution is -2.23. The minimum atomic E-state index is -4.60. The lowest BCUT2D eigenvalue weighted by atomic mass is 10.2. The van der Waals surface area contributed by atoms with Gasteiger partial charge < -0.3 is 9.84 Å². The molecule has 0 aliphatic rings. The first-order valence-corrected chi connectivity index (χ1v) is 4.38. The fourth-order valence-electron chi connectivity index (χ4n) is 0.983. The molecule has 0 aliphatic carbocycles. The number of aliphatic hydroxyl groups is 1. The predicted molar refractivity (Wildman–Crippen MR) is 48.8 cm³/mol. The van der Waals surface area contributed by atoms with Gasteiger partial charge in [0.05, 0.1) is 5.56 Å². The molecule has 0 bridgehead atoms. The van der Waals surface area contributed by atoms with E-state index in [-0.39, 0.29) is 0 Å². The van der Waals surface area contributed by atoms with Crippen LogP contribution in [0.2, 0.25) is 0 Å². The van der Waals surface area contributed by atoms with Crippen molar-refractivity contribution in [2.75, 3.05) is 0 Å². The first-order chi connectivity index (χ1) is 7.32. The van der Waals surface area contributed by atoms with E-state index in [1.165, 1.54) is 12.1 Å². The summed E-state index contributed by atoms with van der Waals surface area (Å²) in [6.45, 7) is 1.11. The zero-order valence-electron chi connectivity index (χ0n) is 8.28. The molecule has 0 fully saturated rings. The maximum Gasteiger partial charge on any atom is 0.419 e. The highest BCUT2D eigenvalue weighted by Crippen LogP contribution is 2.35. The number of ether oxygens (including phenoxy) is 1. The molecule has 88 valence electrons. The molecule has 1 aromatic rings. The Bertz CT molecular complexity index is 385. The lowest BCUT2D eigenvalue weighted by Gasteiger charge is -2.12. The largest absolute Gasteiger partial charge is 0.424 e. The van der Waals surface area contributed by atoms with Crippen LogP contribution in [0.1, 0.15) is 12.5 Å². The molecule has 0 amide bonds. The van der Waals surface area contributed by atoms with E-state index in [0.717, 1.165) is 19.1 Å². The number of carbonyl (C=O) groups excluding carboxylic acids is 1. The molecular weight excluding hydrogens is 225 g/mol. The van der Waals surface area contributed by atoms with Crippen molar-refractivity contribution in [3.8, 4) is 5.75 Å². The number of rotatable bonds is 2. The summed E-state index contributed by atoms with van der Waals surface area (Å²) >= 11 is 0. The smallest absolute Gasteiger partial charge is 0.419 e. The Kier molecular flexibility index (Phi) is 3.54. The maximum absolute atomic E-state index is 12.4. The number of para-hydroxylation sites is 1. The number of hydrogen-bond acceptors (Lipinski definition) is 3. The summed E-state index contributed by atoms with van der Waals surface area (Å²) in [7, 11) is 0. The molecule has 3 nitrogen and oxygen atoms in total. The number of aliphatic hydroxyl groups excluding tert-OH is 1. The third-order valence-corrected chi connectivity index (χ3v) is 1.74. The quantitative estimate of drug-likeness (QED) is 0.628. The zero-order chi connectivity index (χ0) is 12.3. The third-order valence-electron chi connectivity index (χ3n) is 1.74. The van der Waals surface area contributed by atoms with Gasteiger partial charge in [-0.2, -0.15) is 13.2 Å². The maximum atomic E-state index is 12.4. The van der Waals surface area contributed by atoms with E-state index in [9.17, 15) is 18.0 Å². The molecule has 0 saturated heterocycles. The highest BCUT2D eigenvalue weighted by molar-refractivity contribution is 5.76. The first-order valence-electron chi connectivity index (χ1n) is 4.38.